The maximum Gasteiger partial charge on any atom is 0.392 e. The van der Waals surface area contributed by atoms with Gasteiger partial charge in [-0.25, -0.2) is 4.79 Å². The van der Waals surface area contributed by atoms with Crippen LogP contribution in [0.5, 0.6) is 11.5 Å². The van der Waals surface area contributed by atoms with E-state index in [1.54, 1.807) is 24.3 Å². The Balaban J connectivity index is 1.91. The monoisotopic (exact) mass is 298 g/mol. The molecule has 1 saturated heterocycles. The van der Waals surface area contributed by atoms with E-state index in [0.29, 0.717) is 24.5 Å². The Morgan fingerprint density at radius 3 is 1.91 bits per heavy atom. The van der Waals surface area contributed by atoms with E-state index in [-0.39, 0.29) is 0 Å². The van der Waals surface area contributed by atoms with E-state index in [1.165, 1.54) is 0 Å². The van der Waals surface area contributed by atoms with E-state index >= 15 is 0 Å². The number of carbonyl (C=O) groups is 1. The number of hydrogen-bond acceptors (Lipinski definition) is 4. The van der Waals surface area contributed by atoms with Gasteiger partial charge in [0.25, 0.3) is 0 Å². The van der Waals surface area contributed by atoms with Crippen molar-refractivity contribution in [3.63, 3.8) is 0 Å². The summed E-state index contributed by atoms with van der Waals surface area (Å²) in [5.41, 5.74) is 0. The van der Waals surface area contributed by atoms with Crippen molar-refractivity contribution in [1.29, 1.82) is 0 Å². The van der Waals surface area contributed by atoms with Crippen molar-refractivity contribution in [1.82, 2.24) is 0 Å². The second-order valence-electron chi connectivity index (χ2n) is 5.18. The summed E-state index contributed by atoms with van der Waals surface area (Å²) in [6.45, 7) is 0.400. The Labute approximate surface area is 129 Å². The van der Waals surface area contributed by atoms with Gasteiger partial charge in [0, 0.05) is 6.42 Å². The topological polar surface area (TPSA) is 44.8 Å². The molecule has 0 unspecified atom stereocenters. The Hall–Kier alpha value is -2.49. The van der Waals surface area contributed by atoms with Crippen LogP contribution in [0.4, 0.5) is 0 Å². The fourth-order valence-electron chi connectivity index (χ4n) is 2.40. The minimum absolute atomic E-state index is 0.400. The SMILES string of the molecule is O=C1OCCCCC1(Oc1ccccc1)Oc1ccccc1. The molecular formula is C18H18O4. The quantitative estimate of drug-likeness (QED) is 0.639. The minimum atomic E-state index is -1.43. The van der Waals surface area contributed by atoms with Gasteiger partial charge in [-0.3, -0.25) is 0 Å². The Morgan fingerprint density at radius 1 is 0.818 bits per heavy atom. The zero-order chi connectivity index (χ0) is 15.3. The van der Waals surface area contributed by atoms with Crippen LogP contribution < -0.4 is 9.47 Å². The van der Waals surface area contributed by atoms with Crippen molar-refractivity contribution >= 4 is 5.97 Å². The average Bonchev–Trinajstić information content (AvgIpc) is 2.72. The molecule has 4 heteroatoms. The third-order valence-electron chi connectivity index (χ3n) is 3.50. The van der Waals surface area contributed by atoms with E-state index in [1.807, 2.05) is 36.4 Å². The molecule has 0 N–H and O–H groups in total. The van der Waals surface area contributed by atoms with Crippen molar-refractivity contribution in [3.8, 4) is 11.5 Å². The first-order valence-electron chi connectivity index (χ1n) is 7.44. The van der Waals surface area contributed by atoms with Gasteiger partial charge in [0.05, 0.1) is 6.61 Å². The summed E-state index contributed by atoms with van der Waals surface area (Å²) in [4.78, 5) is 12.5. The minimum Gasteiger partial charge on any atom is -0.460 e. The highest BCUT2D eigenvalue weighted by atomic mass is 16.7. The fourth-order valence-corrected chi connectivity index (χ4v) is 2.40. The zero-order valence-electron chi connectivity index (χ0n) is 12.2. The normalized spacial score (nSPS) is 17.2. The summed E-state index contributed by atoms with van der Waals surface area (Å²) in [5.74, 6) is -0.744. The molecule has 1 aliphatic rings. The van der Waals surface area contributed by atoms with Crippen LogP contribution in [0.2, 0.25) is 0 Å². The van der Waals surface area contributed by atoms with E-state index in [4.69, 9.17) is 14.2 Å². The molecule has 4 nitrogen and oxygen atoms in total. The molecule has 114 valence electrons. The van der Waals surface area contributed by atoms with Crippen molar-refractivity contribution < 1.29 is 19.0 Å². The number of rotatable bonds is 4. The molecule has 22 heavy (non-hydrogen) atoms. The smallest absolute Gasteiger partial charge is 0.392 e. The highest BCUT2D eigenvalue weighted by Crippen LogP contribution is 2.30. The van der Waals surface area contributed by atoms with Crippen LogP contribution in [0, 0.1) is 0 Å². The van der Waals surface area contributed by atoms with E-state index < -0.39 is 11.8 Å². The molecule has 0 aromatic heterocycles. The first kappa shape index (κ1) is 14.4. The number of esters is 1. The summed E-state index contributed by atoms with van der Waals surface area (Å²) in [6.07, 6.45) is 2.06. The van der Waals surface area contributed by atoms with Gasteiger partial charge in [0.1, 0.15) is 11.5 Å². The molecule has 0 aliphatic carbocycles. The molecule has 1 fully saturated rings. The lowest BCUT2D eigenvalue weighted by Gasteiger charge is -2.31. The van der Waals surface area contributed by atoms with Gasteiger partial charge < -0.3 is 14.2 Å². The number of carbonyl (C=O) groups excluding carboxylic acids is 1. The van der Waals surface area contributed by atoms with Crippen LogP contribution >= 0.6 is 0 Å². The lowest BCUT2D eigenvalue weighted by atomic mass is 10.1. The molecule has 0 amide bonds. The second-order valence-corrected chi connectivity index (χ2v) is 5.18. The third kappa shape index (κ3) is 3.22. The van der Waals surface area contributed by atoms with Gasteiger partial charge in [0.2, 0.25) is 0 Å². The van der Waals surface area contributed by atoms with Crippen LogP contribution in [0.15, 0.2) is 60.7 Å². The van der Waals surface area contributed by atoms with Crippen LogP contribution in [0.3, 0.4) is 0 Å². The third-order valence-corrected chi connectivity index (χ3v) is 3.50. The van der Waals surface area contributed by atoms with Gasteiger partial charge in [-0.1, -0.05) is 36.4 Å². The average molecular weight is 298 g/mol. The van der Waals surface area contributed by atoms with Gasteiger partial charge in [-0.15, -0.1) is 0 Å². The number of benzene rings is 2. The highest BCUT2D eigenvalue weighted by Gasteiger charge is 2.46. The van der Waals surface area contributed by atoms with Gasteiger partial charge in [-0.05, 0) is 37.1 Å². The van der Waals surface area contributed by atoms with Crippen LogP contribution in [0.25, 0.3) is 0 Å². The first-order valence-corrected chi connectivity index (χ1v) is 7.44. The van der Waals surface area contributed by atoms with E-state index in [9.17, 15) is 4.79 Å². The zero-order valence-corrected chi connectivity index (χ0v) is 12.2. The van der Waals surface area contributed by atoms with E-state index in [2.05, 4.69) is 0 Å². The first-order chi connectivity index (χ1) is 10.8. The van der Waals surface area contributed by atoms with Crippen LogP contribution in [-0.4, -0.2) is 18.4 Å². The van der Waals surface area contributed by atoms with Gasteiger partial charge >= 0.3 is 11.8 Å². The molecule has 0 saturated carbocycles. The summed E-state index contributed by atoms with van der Waals surface area (Å²) in [5, 5.41) is 0. The Bertz CT molecular complexity index is 568. The Kier molecular flexibility index (Phi) is 4.28. The van der Waals surface area contributed by atoms with Crippen LogP contribution in [-0.2, 0) is 9.53 Å². The number of cyclic esters (lactones) is 1. The second kappa shape index (κ2) is 6.52. The molecule has 1 aliphatic heterocycles. The van der Waals surface area contributed by atoms with Crippen molar-refractivity contribution in [2.45, 2.75) is 25.0 Å². The molecule has 2 aromatic rings. The lowest BCUT2D eigenvalue weighted by Crippen LogP contribution is -2.50. The molecule has 0 spiro atoms. The molecule has 1 heterocycles. The summed E-state index contributed by atoms with van der Waals surface area (Å²) in [7, 11) is 0. The molecule has 0 radical (unpaired) electrons. The number of para-hydroxylation sites is 2. The maximum absolute atomic E-state index is 12.5. The van der Waals surface area contributed by atoms with Crippen molar-refractivity contribution in [3.05, 3.63) is 60.7 Å². The standard InChI is InChI=1S/C18H18O4/c19-17-18(13-7-8-14-20-17,21-15-9-3-1-4-10-15)22-16-11-5-2-6-12-16/h1-6,9-12H,7-8,13-14H2. The molecular weight excluding hydrogens is 280 g/mol. The summed E-state index contributed by atoms with van der Waals surface area (Å²) in [6, 6.07) is 18.4. The molecule has 2 aromatic carbocycles. The van der Waals surface area contributed by atoms with Crippen LogP contribution in [0.1, 0.15) is 19.3 Å². The van der Waals surface area contributed by atoms with Crippen molar-refractivity contribution in [2.24, 2.45) is 0 Å². The lowest BCUT2D eigenvalue weighted by molar-refractivity contribution is -0.190. The number of ether oxygens (including phenoxy) is 3. The predicted octanol–water partition coefficient (Wildman–Crippen LogP) is 3.57. The molecule has 0 atom stereocenters. The van der Waals surface area contributed by atoms with Gasteiger partial charge in [-0.2, -0.15) is 0 Å². The largest absolute Gasteiger partial charge is 0.460 e. The summed E-state index contributed by atoms with van der Waals surface area (Å²) < 4.78 is 17.2. The summed E-state index contributed by atoms with van der Waals surface area (Å²) >= 11 is 0. The molecule has 0 bridgehead atoms. The predicted molar refractivity (Wildman–Crippen MR) is 81.7 cm³/mol. The van der Waals surface area contributed by atoms with Gasteiger partial charge in [0.15, 0.2) is 0 Å². The molecule has 3 rings (SSSR count). The Morgan fingerprint density at radius 2 is 1.36 bits per heavy atom. The number of hydrogen-bond donors (Lipinski definition) is 0. The van der Waals surface area contributed by atoms with Crippen molar-refractivity contribution in [2.75, 3.05) is 6.61 Å². The fraction of sp³-hybridized carbons (Fsp3) is 0.278. The van der Waals surface area contributed by atoms with E-state index in [0.717, 1.165) is 12.8 Å². The highest BCUT2D eigenvalue weighted by molar-refractivity contribution is 5.79. The maximum atomic E-state index is 12.5.